The van der Waals surface area contributed by atoms with Gasteiger partial charge >= 0.3 is 6.03 Å². The third-order valence-corrected chi connectivity index (χ3v) is 2.11. The Kier molecular flexibility index (Phi) is 5.59. The highest BCUT2D eigenvalue weighted by Crippen LogP contribution is 2.16. The summed E-state index contributed by atoms with van der Waals surface area (Å²) in [4.78, 5) is 11.2. The van der Waals surface area contributed by atoms with Crippen molar-refractivity contribution in [3.8, 4) is 5.75 Å². The normalized spacial score (nSPS) is 11.7. The molecule has 3 N–H and O–H groups in total. The van der Waals surface area contributed by atoms with E-state index in [2.05, 4.69) is 10.6 Å². The number of carbonyl (C=O) groups is 1. The first kappa shape index (κ1) is 13.6. The van der Waals surface area contributed by atoms with Gasteiger partial charge < -0.3 is 20.5 Å². The lowest BCUT2D eigenvalue weighted by molar-refractivity contribution is 0.175. The maximum Gasteiger partial charge on any atom is 0.317 e. The molecule has 1 aromatic carbocycles. The monoisotopic (exact) mass is 258 g/mol. The predicted octanol–water partition coefficient (Wildman–Crippen LogP) is 1.36. The van der Waals surface area contributed by atoms with Crippen molar-refractivity contribution in [3.05, 3.63) is 29.3 Å². The zero-order valence-corrected chi connectivity index (χ0v) is 10.2. The Morgan fingerprint density at radius 2 is 2.12 bits per heavy atom. The van der Waals surface area contributed by atoms with Crippen LogP contribution in [0.4, 0.5) is 4.79 Å². The molecular formula is C11H15ClN2O3. The van der Waals surface area contributed by atoms with E-state index in [-0.39, 0.29) is 19.2 Å². The Balaban J connectivity index is 2.36. The molecule has 1 aromatic rings. The second-order valence-electron chi connectivity index (χ2n) is 3.34. The maximum atomic E-state index is 11.2. The summed E-state index contributed by atoms with van der Waals surface area (Å²) in [5, 5.41) is 14.2. The van der Waals surface area contributed by atoms with Crippen molar-refractivity contribution in [1.29, 1.82) is 0 Å². The molecule has 1 rings (SSSR count). The molecule has 0 saturated carbocycles. The molecule has 2 amide bonds. The first-order valence-corrected chi connectivity index (χ1v) is 5.57. The van der Waals surface area contributed by atoms with E-state index in [1.807, 2.05) is 0 Å². The maximum absolute atomic E-state index is 11.2. The summed E-state index contributed by atoms with van der Waals surface area (Å²) in [7, 11) is 0. The molecule has 1 unspecified atom stereocenters. The summed E-state index contributed by atoms with van der Waals surface area (Å²) in [6.45, 7) is 1.81. The number of aliphatic hydroxyl groups excluding tert-OH is 1. The number of hydrogen-bond donors (Lipinski definition) is 3. The van der Waals surface area contributed by atoms with Crippen molar-refractivity contribution in [3.63, 3.8) is 0 Å². The fourth-order valence-corrected chi connectivity index (χ4v) is 1.28. The van der Waals surface area contributed by atoms with Gasteiger partial charge in [0.15, 0.2) is 6.23 Å². The Hall–Kier alpha value is -1.46. The number of benzene rings is 1. The number of ether oxygens (including phenoxy) is 1. The number of carbonyl (C=O) groups excluding carboxylic acids is 1. The Morgan fingerprint density at radius 3 is 2.71 bits per heavy atom. The van der Waals surface area contributed by atoms with E-state index in [1.165, 1.54) is 0 Å². The van der Waals surface area contributed by atoms with E-state index < -0.39 is 6.23 Å². The van der Waals surface area contributed by atoms with Gasteiger partial charge in [-0.25, -0.2) is 4.79 Å². The van der Waals surface area contributed by atoms with Crippen molar-refractivity contribution < 1.29 is 14.6 Å². The summed E-state index contributed by atoms with van der Waals surface area (Å²) in [6.07, 6.45) is -0.477. The standard InChI is InChI=1S/C11H15ClN2O3/c1-8(14-11(16)13-6-7-15)17-10-4-2-9(12)3-5-10/h2-5,8,15H,6-7H2,1H3,(H2,13,14,16). The molecule has 0 spiro atoms. The zero-order valence-electron chi connectivity index (χ0n) is 9.44. The molecule has 0 aliphatic carbocycles. The first-order valence-electron chi connectivity index (χ1n) is 5.19. The molecule has 0 heterocycles. The summed E-state index contributed by atoms with van der Waals surface area (Å²) in [5.41, 5.74) is 0. The molecule has 17 heavy (non-hydrogen) atoms. The lowest BCUT2D eigenvalue weighted by atomic mass is 10.3. The molecule has 0 aromatic heterocycles. The minimum atomic E-state index is -0.477. The smallest absolute Gasteiger partial charge is 0.317 e. The van der Waals surface area contributed by atoms with Gasteiger partial charge in [-0.15, -0.1) is 0 Å². The van der Waals surface area contributed by atoms with Crippen LogP contribution in [0.15, 0.2) is 24.3 Å². The second kappa shape index (κ2) is 6.98. The lowest BCUT2D eigenvalue weighted by Crippen LogP contribution is -2.44. The van der Waals surface area contributed by atoms with Crippen molar-refractivity contribution >= 4 is 17.6 Å². The molecule has 1 atom stereocenters. The van der Waals surface area contributed by atoms with Crippen LogP contribution in [-0.4, -0.2) is 30.5 Å². The van der Waals surface area contributed by atoms with Crippen LogP contribution >= 0.6 is 11.6 Å². The van der Waals surface area contributed by atoms with Crippen molar-refractivity contribution in [2.75, 3.05) is 13.2 Å². The van der Waals surface area contributed by atoms with E-state index in [4.69, 9.17) is 21.4 Å². The van der Waals surface area contributed by atoms with Crippen molar-refractivity contribution in [2.45, 2.75) is 13.2 Å². The predicted molar refractivity (Wildman–Crippen MR) is 65.2 cm³/mol. The van der Waals surface area contributed by atoms with Crippen LogP contribution in [0.5, 0.6) is 5.75 Å². The molecule has 0 fully saturated rings. The quantitative estimate of drug-likeness (QED) is 0.699. The lowest BCUT2D eigenvalue weighted by Gasteiger charge is -2.16. The molecule has 0 radical (unpaired) electrons. The summed E-state index contributed by atoms with van der Waals surface area (Å²) in [6, 6.07) is 6.45. The average molecular weight is 259 g/mol. The molecule has 0 saturated heterocycles. The largest absolute Gasteiger partial charge is 0.471 e. The van der Waals surface area contributed by atoms with Crippen LogP contribution in [0.25, 0.3) is 0 Å². The van der Waals surface area contributed by atoms with Crippen LogP contribution in [0, 0.1) is 0 Å². The number of urea groups is 1. The minimum Gasteiger partial charge on any atom is -0.471 e. The number of halogens is 1. The summed E-state index contributed by atoms with van der Waals surface area (Å²) in [5.74, 6) is 0.615. The molecule has 0 bridgehead atoms. The van der Waals surface area contributed by atoms with E-state index >= 15 is 0 Å². The minimum absolute atomic E-state index is 0.0974. The Morgan fingerprint density at radius 1 is 1.47 bits per heavy atom. The molecule has 0 aliphatic rings. The van der Waals surface area contributed by atoms with Crippen LogP contribution in [0.2, 0.25) is 5.02 Å². The molecule has 6 heteroatoms. The second-order valence-corrected chi connectivity index (χ2v) is 3.77. The number of hydrogen-bond acceptors (Lipinski definition) is 3. The average Bonchev–Trinajstić information content (AvgIpc) is 2.29. The van der Waals surface area contributed by atoms with Crippen LogP contribution in [0.1, 0.15) is 6.92 Å². The van der Waals surface area contributed by atoms with Crippen LogP contribution < -0.4 is 15.4 Å². The van der Waals surface area contributed by atoms with Gasteiger partial charge in [-0.2, -0.15) is 0 Å². The number of rotatable bonds is 5. The molecule has 0 aliphatic heterocycles. The highest BCUT2D eigenvalue weighted by atomic mass is 35.5. The SMILES string of the molecule is CC(NC(=O)NCCO)Oc1ccc(Cl)cc1. The van der Waals surface area contributed by atoms with Gasteiger partial charge in [-0.05, 0) is 31.2 Å². The highest BCUT2D eigenvalue weighted by molar-refractivity contribution is 6.30. The fourth-order valence-electron chi connectivity index (χ4n) is 1.15. The fraction of sp³-hybridized carbons (Fsp3) is 0.364. The number of nitrogens with one attached hydrogen (secondary N) is 2. The van der Waals surface area contributed by atoms with Crippen LogP contribution in [-0.2, 0) is 0 Å². The molecular weight excluding hydrogens is 244 g/mol. The van der Waals surface area contributed by atoms with Gasteiger partial charge in [0.25, 0.3) is 0 Å². The van der Waals surface area contributed by atoms with E-state index in [0.717, 1.165) is 0 Å². The zero-order chi connectivity index (χ0) is 12.7. The van der Waals surface area contributed by atoms with E-state index in [0.29, 0.717) is 10.8 Å². The third-order valence-electron chi connectivity index (χ3n) is 1.86. The first-order chi connectivity index (χ1) is 8.11. The van der Waals surface area contributed by atoms with Gasteiger partial charge in [0.1, 0.15) is 5.75 Å². The van der Waals surface area contributed by atoms with Crippen molar-refractivity contribution in [2.24, 2.45) is 0 Å². The van der Waals surface area contributed by atoms with Gasteiger partial charge in [-0.1, -0.05) is 11.6 Å². The Bertz CT molecular complexity index is 356. The topological polar surface area (TPSA) is 70.6 Å². The number of amides is 2. The van der Waals surface area contributed by atoms with Gasteiger partial charge in [0.05, 0.1) is 6.61 Å². The third kappa shape index (κ3) is 5.42. The Labute approximate surface area is 105 Å². The van der Waals surface area contributed by atoms with Crippen molar-refractivity contribution in [1.82, 2.24) is 10.6 Å². The molecule has 94 valence electrons. The summed E-state index contributed by atoms with van der Waals surface area (Å²) < 4.78 is 5.43. The van der Waals surface area contributed by atoms with Crippen LogP contribution in [0.3, 0.4) is 0 Å². The number of aliphatic hydroxyl groups is 1. The highest BCUT2D eigenvalue weighted by Gasteiger charge is 2.07. The summed E-state index contributed by atoms with van der Waals surface area (Å²) >= 11 is 5.73. The van der Waals surface area contributed by atoms with E-state index in [1.54, 1.807) is 31.2 Å². The van der Waals surface area contributed by atoms with Gasteiger partial charge in [-0.3, -0.25) is 0 Å². The van der Waals surface area contributed by atoms with E-state index in [9.17, 15) is 4.79 Å². The van der Waals surface area contributed by atoms with Gasteiger partial charge in [0.2, 0.25) is 0 Å². The van der Waals surface area contributed by atoms with Gasteiger partial charge in [0, 0.05) is 11.6 Å². The molecule has 5 nitrogen and oxygen atoms in total.